The van der Waals surface area contributed by atoms with Crippen LogP contribution in [0, 0.1) is 0 Å². The van der Waals surface area contributed by atoms with Gasteiger partial charge in [-0.3, -0.25) is 14.4 Å². The van der Waals surface area contributed by atoms with Crippen LogP contribution in [-0.4, -0.2) is 82.4 Å². The number of benzene rings is 3. The molecule has 0 saturated carbocycles. The van der Waals surface area contributed by atoms with Gasteiger partial charge in [-0.15, -0.1) is 0 Å². The standard InChI is InChI=1S/C39H44F3N5O7/c1-24(43-23-33(49)30-8-10-32(48)36-31(30)9-11-35(51)46-36)18-25-4-2-5-26(19-25)22-45-37(52)28-7-3-6-27(20-28)21-44-34(50)14-17-47-15-12-29(13-16-47)54-38(53)39(40,41)42/h2-11,19-20,24,29,33,43,48-49H,12-18,21-23H2,1H3,(H,44,50)(H,45,52)(H,46,51)/t24?,33-/m0/s1. The second-order valence-corrected chi connectivity index (χ2v) is 13.5. The normalized spacial score (nSPS) is 15.1. The number of alkyl halides is 3. The van der Waals surface area contributed by atoms with E-state index in [9.17, 15) is 42.6 Å². The lowest BCUT2D eigenvalue weighted by Crippen LogP contribution is -2.41. The molecule has 4 aromatic rings. The lowest BCUT2D eigenvalue weighted by molar-refractivity contribution is -0.206. The number of phenols is 1. The number of pyridine rings is 1. The van der Waals surface area contributed by atoms with E-state index < -0.39 is 24.4 Å². The number of phenolic OH excluding ortho intramolecular Hbond substituents is 1. The van der Waals surface area contributed by atoms with Crippen molar-refractivity contribution < 1.29 is 42.5 Å². The van der Waals surface area contributed by atoms with Gasteiger partial charge < -0.3 is 40.8 Å². The monoisotopic (exact) mass is 751 g/mol. The maximum Gasteiger partial charge on any atom is 0.490 e. The molecule has 0 spiro atoms. The van der Waals surface area contributed by atoms with Crippen molar-refractivity contribution in [3.8, 4) is 5.75 Å². The van der Waals surface area contributed by atoms with Gasteiger partial charge >= 0.3 is 12.1 Å². The van der Waals surface area contributed by atoms with Crippen LogP contribution in [0.3, 0.4) is 0 Å². The van der Waals surface area contributed by atoms with E-state index in [2.05, 4.69) is 25.7 Å². The van der Waals surface area contributed by atoms with Crippen LogP contribution in [0.1, 0.15) is 64.9 Å². The zero-order valence-corrected chi connectivity index (χ0v) is 29.7. The molecule has 1 fully saturated rings. The van der Waals surface area contributed by atoms with Crippen LogP contribution in [-0.2, 0) is 33.8 Å². The summed E-state index contributed by atoms with van der Waals surface area (Å²) in [4.78, 5) is 52.8. The molecule has 1 saturated heterocycles. The highest BCUT2D eigenvalue weighted by Crippen LogP contribution is 2.28. The Kier molecular flexibility index (Phi) is 13.5. The molecule has 1 aliphatic rings. The number of aromatic nitrogens is 1. The Morgan fingerprint density at radius 1 is 0.944 bits per heavy atom. The van der Waals surface area contributed by atoms with Gasteiger partial charge in [-0.1, -0.05) is 42.5 Å². The Hall–Kier alpha value is -5.25. The number of H-pyrrole nitrogens is 1. The SMILES string of the molecule is CC(Cc1cccc(CNC(=O)c2cccc(CNC(=O)CCN3CCC(OC(=O)C(F)(F)F)CC3)c2)c1)NC[C@H](O)c1ccc(O)c2[nH]c(=O)ccc12. The summed E-state index contributed by atoms with van der Waals surface area (Å²) in [5.74, 6) is -2.73. The molecule has 0 bridgehead atoms. The number of aromatic hydroxyl groups is 1. The molecule has 12 nitrogen and oxygen atoms in total. The highest BCUT2D eigenvalue weighted by molar-refractivity contribution is 5.94. The maximum atomic E-state index is 13.0. The summed E-state index contributed by atoms with van der Waals surface area (Å²) in [5.41, 5.74) is 3.64. The Morgan fingerprint density at radius 2 is 1.63 bits per heavy atom. The molecule has 1 aromatic heterocycles. The molecule has 3 aromatic carbocycles. The fraction of sp³-hybridized carbons (Fsp3) is 0.385. The van der Waals surface area contributed by atoms with Gasteiger partial charge in [-0.05, 0) is 72.7 Å². The van der Waals surface area contributed by atoms with Gasteiger partial charge in [-0.25, -0.2) is 4.79 Å². The minimum atomic E-state index is -5.01. The summed E-state index contributed by atoms with van der Waals surface area (Å²) < 4.78 is 41.8. The number of hydrogen-bond acceptors (Lipinski definition) is 9. The largest absolute Gasteiger partial charge is 0.506 e. The zero-order valence-electron chi connectivity index (χ0n) is 29.7. The lowest BCUT2D eigenvalue weighted by atomic mass is 10.0. The second-order valence-electron chi connectivity index (χ2n) is 13.5. The molecule has 5 rings (SSSR count). The Balaban J connectivity index is 1.02. The predicted octanol–water partition coefficient (Wildman–Crippen LogP) is 3.99. The number of esters is 1. The van der Waals surface area contributed by atoms with E-state index in [1.165, 1.54) is 12.1 Å². The number of carbonyl (C=O) groups excluding carboxylic acids is 3. The van der Waals surface area contributed by atoms with Crippen LogP contribution in [0.4, 0.5) is 13.2 Å². The fourth-order valence-electron chi connectivity index (χ4n) is 6.39. The average molecular weight is 752 g/mol. The zero-order chi connectivity index (χ0) is 38.8. The van der Waals surface area contributed by atoms with Crippen LogP contribution < -0.4 is 21.5 Å². The van der Waals surface area contributed by atoms with Crippen molar-refractivity contribution in [2.45, 2.75) is 70.1 Å². The maximum absolute atomic E-state index is 13.0. The number of hydrogen-bond donors (Lipinski definition) is 6. The molecule has 288 valence electrons. The third-order valence-corrected chi connectivity index (χ3v) is 9.29. The van der Waals surface area contributed by atoms with Gasteiger partial charge in [0.05, 0.1) is 11.6 Å². The van der Waals surface area contributed by atoms with Crippen molar-refractivity contribution in [1.82, 2.24) is 25.8 Å². The molecule has 1 unspecified atom stereocenters. The molecule has 2 atom stereocenters. The molecule has 2 amide bonds. The van der Waals surface area contributed by atoms with Gasteiger partial charge in [-0.2, -0.15) is 13.2 Å². The Labute approximate surface area is 309 Å². The third-order valence-electron chi connectivity index (χ3n) is 9.29. The third kappa shape index (κ3) is 11.4. The van der Waals surface area contributed by atoms with Gasteiger partial charge in [0.25, 0.3) is 5.91 Å². The van der Waals surface area contributed by atoms with E-state index in [1.807, 2.05) is 36.1 Å². The number of likely N-dealkylation sites (tertiary alicyclic amines) is 1. The Bertz CT molecular complexity index is 2000. The highest BCUT2D eigenvalue weighted by atomic mass is 19.4. The first-order valence-electron chi connectivity index (χ1n) is 17.7. The van der Waals surface area contributed by atoms with Gasteiger partial charge in [0.1, 0.15) is 11.9 Å². The van der Waals surface area contributed by atoms with E-state index in [0.717, 1.165) is 16.7 Å². The van der Waals surface area contributed by atoms with E-state index in [1.54, 1.807) is 36.4 Å². The number of fused-ring (bicyclic) bond motifs is 1. The molecule has 1 aliphatic heterocycles. The average Bonchev–Trinajstić information content (AvgIpc) is 3.15. The molecule has 0 radical (unpaired) electrons. The van der Waals surface area contributed by atoms with Crippen molar-refractivity contribution in [3.05, 3.63) is 111 Å². The van der Waals surface area contributed by atoms with Gasteiger partial charge in [0.15, 0.2) is 0 Å². The van der Waals surface area contributed by atoms with Crippen molar-refractivity contribution in [1.29, 1.82) is 0 Å². The molecular weight excluding hydrogens is 707 g/mol. The topological polar surface area (TPSA) is 173 Å². The minimum absolute atomic E-state index is 0.00354. The molecular formula is C39H44F3N5O7. The summed E-state index contributed by atoms with van der Waals surface area (Å²) in [6.45, 7) is 4.01. The number of aliphatic hydroxyl groups excluding tert-OH is 1. The smallest absolute Gasteiger partial charge is 0.490 e. The molecule has 6 N–H and O–H groups in total. The number of amides is 2. The van der Waals surface area contributed by atoms with E-state index in [4.69, 9.17) is 0 Å². The number of carbonyl (C=O) groups is 3. The summed E-state index contributed by atoms with van der Waals surface area (Å²) >= 11 is 0. The van der Waals surface area contributed by atoms with Crippen LogP contribution in [0.5, 0.6) is 5.75 Å². The van der Waals surface area contributed by atoms with Crippen LogP contribution >= 0.6 is 0 Å². The van der Waals surface area contributed by atoms with Crippen molar-refractivity contribution >= 4 is 28.7 Å². The van der Waals surface area contributed by atoms with Crippen molar-refractivity contribution in [2.24, 2.45) is 0 Å². The van der Waals surface area contributed by atoms with Crippen LogP contribution in [0.25, 0.3) is 10.9 Å². The van der Waals surface area contributed by atoms with Crippen LogP contribution in [0.2, 0.25) is 0 Å². The number of ether oxygens (including phenoxy) is 1. The number of rotatable bonds is 15. The van der Waals surface area contributed by atoms with E-state index in [0.29, 0.717) is 49.1 Å². The van der Waals surface area contributed by atoms with Gasteiger partial charge in [0.2, 0.25) is 11.5 Å². The highest BCUT2D eigenvalue weighted by Gasteiger charge is 2.42. The number of aliphatic hydroxyl groups is 1. The van der Waals surface area contributed by atoms with Crippen LogP contribution in [0.15, 0.2) is 77.6 Å². The summed E-state index contributed by atoms with van der Waals surface area (Å²) in [6.07, 6.45) is -5.31. The van der Waals surface area contributed by atoms with Gasteiger partial charge in [0, 0.05) is 68.7 Å². The number of nitrogens with zero attached hydrogens (tertiary/aromatic N) is 1. The number of nitrogens with one attached hydrogen (secondary N) is 4. The van der Waals surface area contributed by atoms with Crippen molar-refractivity contribution in [2.75, 3.05) is 26.2 Å². The van der Waals surface area contributed by atoms with Crippen molar-refractivity contribution in [3.63, 3.8) is 0 Å². The van der Waals surface area contributed by atoms with E-state index in [-0.39, 0.29) is 67.0 Å². The minimum Gasteiger partial charge on any atom is -0.506 e. The number of piperidine rings is 1. The lowest BCUT2D eigenvalue weighted by Gasteiger charge is -2.31. The summed E-state index contributed by atoms with van der Waals surface area (Å²) in [5, 5.41) is 30.7. The summed E-state index contributed by atoms with van der Waals surface area (Å²) in [6, 6.07) is 20.8. The molecule has 2 heterocycles. The predicted molar refractivity (Wildman–Crippen MR) is 194 cm³/mol. The Morgan fingerprint density at radius 3 is 2.37 bits per heavy atom. The molecule has 0 aliphatic carbocycles. The number of halogens is 3. The molecule has 15 heteroatoms. The first kappa shape index (κ1) is 39.9. The fourth-order valence-corrected chi connectivity index (χ4v) is 6.39. The first-order chi connectivity index (χ1) is 25.7. The quantitative estimate of drug-likeness (QED) is 0.0983. The van der Waals surface area contributed by atoms with E-state index >= 15 is 0 Å². The summed E-state index contributed by atoms with van der Waals surface area (Å²) in [7, 11) is 0. The number of aromatic amines is 1. The molecule has 54 heavy (non-hydrogen) atoms. The first-order valence-corrected chi connectivity index (χ1v) is 17.7. The second kappa shape index (κ2) is 18.2.